The van der Waals surface area contributed by atoms with E-state index < -0.39 is 0 Å². The first-order chi connectivity index (χ1) is 14.1. The number of hydrogen-bond donors (Lipinski definition) is 0. The van der Waals surface area contributed by atoms with E-state index in [2.05, 4.69) is 121 Å². The molecule has 0 fully saturated rings. The van der Waals surface area contributed by atoms with Crippen molar-refractivity contribution in [3.05, 3.63) is 93.1 Å². The lowest BCUT2D eigenvalue weighted by Gasteiger charge is -2.23. The quantitative estimate of drug-likeness (QED) is 0.579. The molecular weight excluding hydrogens is 364 g/mol. The van der Waals surface area contributed by atoms with Crippen LogP contribution in [0.2, 0.25) is 0 Å². The van der Waals surface area contributed by atoms with Crippen LogP contribution >= 0.6 is 0 Å². The van der Waals surface area contributed by atoms with Gasteiger partial charge in [-0.2, -0.15) is 0 Å². The summed E-state index contributed by atoms with van der Waals surface area (Å²) in [5.41, 5.74) is 14.5. The molecule has 0 aliphatic heterocycles. The molecular formula is C28H35N2+. The summed E-state index contributed by atoms with van der Waals surface area (Å²) in [7, 11) is 8.34. The molecule has 156 valence electrons. The molecule has 30 heavy (non-hydrogen) atoms. The SMILES string of the molecule is Cc1c(C)c(C)c(C(=C2C=CC(=[N+](C)C)C=C2)c2ccc(N(C)C)cc2)c(C)c1C. The molecule has 2 aromatic carbocycles. The zero-order valence-electron chi connectivity index (χ0n) is 20.0. The lowest BCUT2D eigenvalue weighted by Crippen LogP contribution is -2.11. The van der Waals surface area contributed by atoms with Crippen molar-refractivity contribution in [1.29, 1.82) is 0 Å². The molecule has 0 radical (unpaired) electrons. The topological polar surface area (TPSA) is 6.25 Å². The van der Waals surface area contributed by atoms with Crippen LogP contribution in [-0.2, 0) is 0 Å². The summed E-state index contributed by atoms with van der Waals surface area (Å²) in [6.45, 7) is 11.3. The Morgan fingerprint density at radius 3 is 1.57 bits per heavy atom. The highest BCUT2D eigenvalue weighted by molar-refractivity contribution is 6.04. The Morgan fingerprint density at radius 1 is 0.667 bits per heavy atom. The first-order valence-electron chi connectivity index (χ1n) is 10.6. The highest BCUT2D eigenvalue weighted by Crippen LogP contribution is 2.38. The zero-order chi connectivity index (χ0) is 22.2. The summed E-state index contributed by atoms with van der Waals surface area (Å²) in [4.78, 5) is 2.14. The Morgan fingerprint density at radius 2 is 1.13 bits per heavy atom. The van der Waals surface area contributed by atoms with Crippen LogP contribution in [0.15, 0.2) is 54.1 Å². The van der Waals surface area contributed by atoms with E-state index in [1.807, 2.05) is 0 Å². The van der Waals surface area contributed by atoms with Gasteiger partial charge in [-0.1, -0.05) is 12.1 Å². The second-order valence-corrected chi connectivity index (χ2v) is 8.76. The van der Waals surface area contributed by atoms with Crippen LogP contribution in [0.3, 0.4) is 0 Å². The predicted molar refractivity (Wildman–Crippen MR) is 132 cm³/mol. The number of benzene rings is 2. The first kappa shape index (κ1) is 21.8. The van der Waals surface area contributed by atoms with Gasteiger partial charge in [0.15, 0.2) is 5.71 Å². The van der Waals surface area contributed by atoms with Crippen LogP contribution in [0.5, 0.6) is 0 Å². The molecule has 0 heterocycles. The van der Waals surface area contributed by atoms with Gasteiger partial charge in [0.2, 0.25) is 0 Å². The fraction of sp³-hybridized carbons (Fsp3) is 0.321. The standard InChI is InChI=1S/C28H35N2/c1-18-19(2)21(4)27(22(5)20(18)3)28(23-10-14-25(15-11-23)29(6)7)24-12-16-26(17-13-24)30(8)9/h10-17H,1-9H3/q+1. The Balaban J connectivity index is 2.34. The largest absolute Gasteiger partial charge is 0.378 e. The summed E-state index contributed by atoms with van der Waals surface area (Å²) < 4.78 is 2.14. The molecule has 0 unspecified atom stereocenters. The highest BCUT2D eigenvalue weighted by atomic mass is 15.1. The van der Waals surface area contributed by atoms with Gasteiger partial charge < -0.3 is 4.90 Å². The minimum atomic E-state index is 1.21. The maximum Gasteiger partial charge on any atom is 0.199 e. The Bertz CT molecular complexity index is 1050. The van der Waals surface area contributed by atoms with Crippen LogP contribution in [0, 0.1) is 34.6 Å². The van der Waals surface area contributed by atoms with Gasteiger partial charge in [-0.25, -0.2) is 4.58 Å². The van der Waals surface area contributed by atoms with E-state index in [0.29, 0.717) is 0 Å². The zero-order valence-corrected chi connectivity index (χ0v) is 20.0. The Kier molecular flexibility index (Phi) is 6.17. The third-order valence-electron chi connectivity index (χ3n) is 6.59. The second kappa shape index (κ2) is 8.47. The number of rotatable bonds is 3. The van der Waals surface area contributed by atoms with Gasteiger partial charge in [0.1, 0.15) is 14.1 Å². The van der Waals surface area contributed by atoms with E-state index in [0.717, 1.165) is 0 Å². The van der Waals surface area contributed by atoms with Gasteiger partial charge >= 0.3 is 0 Å². The molecule has 0 spiro atoms. The molecule has 1 aliphatic carbocycles. The van der Waals surface area contributed by atoms with Gasteiger partial charge in [-0.05, 0) is 109 Å². The number of hydrogen-bond acceptors (Lipinski definition) is 1. The molecule has 0 N–H and O–H groups in total. The molecule has 2 aromatic rings. The lowest BCUT2D eigenvalue weighted by molar-refractivity contribution is -0.462. The second-order valence-electron chi connectivity index (χ2n) is 8.76. The first-order valence-corrected chi connectivity index (χ1v) is 10.6. The summed E-state index contributed by atoms with van der Waals surface area (Å²) in [6, 6.07) is 8.94. The summed E-state index contributed by atoms with van der Waals surface area (Å²) in [5.74, 6) is 0. The number of allylic oxidation sites excluding steroid dienone is 5. The van der Waals surface area contributed by atoms with Crippen molar-refractivity contribution in [2.24, 2.45) is 0 Å². The minimum absolute atomic E-state index is 1.21. The molecule has 1 aliphatic rings. The molecule has 0 bridgehead atoms. The van der Waals surface area contributed by atoms with Crippen molar-refractivity contribution in [1.82, 2.24) is 0 Å². The van der Waals surface area contributed by atoms with Crippen LogP contribution in [0.1, 0.15) is 38.9 Å². The predicted octanol–water partition coefficient (Wildman–Crippen LogP) is 5.94. The highest BCUT2D eigenvalue weighted by Gasteiger charge is 2.20. The third kappa shape index (κ3) is 3.92. The molecule has 2 heteroatoms. The van der Waals surface area contributed by atoms with Crippen LogP contribution < -0.4 is 4.90 Å². The summed E-state index contributed by atoms with van der Waals surface area (Å²) >= 11 is 0. The van der Waals surface area contributed by atoms with Gasteiger partial charge in [0.05, 0.1) is 0 Å². The lowest BCUT2D eigenvalue weighted by atomic mass is 9.81. The maximum absolute atomic E-state index is 2.27. The van der Waals surface area contributed by atoms with E-state index in [9.17, 15) is 0 Å². The molecule has 0 aromatic heterocycles. The van der Waals surface area contributed by atoms with Crippen molar-refractivity contribution < 1.29 is 4.58 Å². The van der Waals surface area contributed by atoms with Crippen molar-refractivity contribution in [3.63, 3.8) is 0 Å². The molecule has 0 atom stereocenters. The smallest absolute Gasteiger partial charge is 0.199 e. The van der Waals surface area contributed by atoms with Gasteiger partial charge in [0.25, 0.3) is 0 Å². The fourth-order valence-electron chi connectivity index (χ4n) is 4.18. The summed E-state index contributed by atoms with van der Waals surface area (Å²) in [6.07, 6.45) is 8.94. The molecule has 2 nitrogen and oxygen atoms in total. The number of nitrogens with zero attached hydrogens (tertiary/aromatic N) is 2. The Hall–Kier alpha value is -2.87. The third-order valence-corrected chi connectivity index (χ3v) is 6.59. The van der Waals surface area contributed by atoms with Crippen LogP contribution in [0.25, 0.3) is 5.57 Å². The van der Waals surface area contributed by atoms with Crippen molar-refractivity contribution in [3.8, 4) is 0 Å². The van der Waals surface area contributed by atoms with Crippen molar-refractivity contribution >= 4 is 17.0 Å². The summed E-state index contributed by atoms with van der Waals surface area (Å²) in [5, 5.41) is 0. The van der Waals surface area contributed by atoms with E-state index >= 15 is 0 Å². The molecule has 0 amide bonds. The van der Waals surface area contributed by atoms with Crippen LogP contribution in [-0.4, -0.2) is 38.5 Å². The Labute approximate surface area is 182 Å². The van der Waals surface area contributed by atoms with Gasteiger partial charge in [0, 0.05) is 31.9 Å². The van der Waals surface area contributed by atoms with Crippen LogP contribution in [0.4, 0.5) is 5.69 Å². The van der Waals surface area contributed by atoms with Crippen molar-refractivity contribution in [2.45, 2.75) is 34.6 Å². The molecule has 0 saturated heterocycles. The van der Waals surface area contributed by atoms with E-state index in [4.69, 9.17) is 0 Å². The molecule has 3 rings (SSSR count). The van der Waals surface area contributed by atoms with Gasteiger partial charge in [-0.15, -0.1) is 0 Å². The fourth-order valence-corrected chi connectivity index (χ4v) is 4.18. The van der Waals surface area contributed by atoms with E-state index in [1.54, 1.807) is 0 Å². The number of anilines is 1. The maximum atomic E-state index is 2.27. The van der Waals surface area contributed by atoms with Gasteiger partial charge in [-0.3, -0.25) is 0 Å². The van der Waals surface area contributed by atoms with E-state index in [1.165, 1.54) is 61.5 Å². The minimum Gasteiger partial charge on any atom is -0.378 e. The monoisotopic (exact) mass is 399 g/mol. The average molecular weight is 400 g/mol. The van der Waals surface area contributed by atoms with E-state index in [-0.39, 0.29) is 0 Å². The normalized spacial score (nSPS) is 13.1. The van der Waals surface area contributed by atoms with Crippen molar-refractivity contribution in [2.75, 3.05) is 33.1 Å². The average Bonchev–Trinajstić information content (AvgIpc) is 2.74. The molecule has 0 saturated carbocycles.